The van der Waals surface area contributed by atoms with Crippen LogP contribution < -0.4 is 4.74 Å². The number of hydrogen-bond donors (Lipinski definition) is 0. The molecule has 0 aliphatic carbocycles. The normalized spacial score (nSPS) is 14.3. The van der Waals surface area contributed by atoms with Crippen LogP contribution in [0.25, 0.3) is 0 Å². The van der Waals surface area contributed by atoms with Crippen LogP contribution in [0.4, 0.5) is 0 Å². The van der Waals surface area contributed by atoms with Crippen molar-refractivity contribution in [3.05, 3.63) is 42.5 Å². The Bertz CT molecular complexity index is 354. The Labute approximate surface area is 111 Å². The Morgan fingerprint density at radius 2 is 1.78 bits per heavy atom. The van der Waals surface area contributed by atoms with Gasteiger partial charge in [0.05, 0.1) is 19.8 Å². The standard InChI is InChI=1S/C16H24O2/c1-6-13(4)16(12(2)3)18-11-14-7-9-15(17-5)10-8-14/h6-10,12-13,16H,1,11H2,2-5H3/t13-,16+/m0/s1. The van der Waals surface area contributed by atoms with E-state index in [1.807, 2.05) is 30.3 Å². The third kappa shape index (κ3) is 4.19. The first-order valence-corrected chi connectivity index (χ1v) is 6.45. The zero-order valence-electron chi connectivity index (χ0n) is 11.8. The Hall–Kier alpha value is -1.28. The minimum Gasteiger partial charge on any atom is -0.497 e. The van der Waals surface area contributed by atoms with E-state index in [0.29, 0.717) is 18.4 Å². The molecule has 0 fully saturated rings. The first kappa shape index (κ1) is 14.8. The number of methoxy groups -OCH3 is 1. The molecule has 0 amide bonds. The summed E-state index contributed by atoms with van der Waals surface area (Å²) in [5, 5.41) is 0. The molecule has 0 spiro atoms. The van der Waals surface area contributed by atoms with E-state index in [1.165, 1.54) is 0 Å². The molecule has 18 heavy (non-hydrogen) atoms. The van der Waals surface area contributed by atoms with E-state index in [0.717, 1.165) is 11.3 Å². The lowest BCUT2D eigenvalue weighted by Gasteiger charge is -2.25. The van der Waals surface area contributed by atoms with Crippen LogP contribution in [0.2, 0.25) is 0 Å². The van der Waals surface area contributed by atoms with Crippen LogP contribution in [0.3, 0.4) is 0 Å². The molecule has 0 radical (unpaired) electrons. The minimum absolute atomic E-state index is 0.213. The highest BCUT2D eigenvalue weighted by Gasteiger charge is 2.19. The molecule has 0 aliphatic rings. The van der Waals surface area contributed by atoms with Crippen molar-refractivity contribution in [3.8, 4) is 5.75 Å². The summed E-state index contributed by atoms with van der Waals surface area (Å²) < 4.78 is 11.1. The van der Waals surface area contributed by atoms with Crippen molar-refractivity contribution < 1.29 is 9.47 Å². The van der Waals surface area contributed by atoms with Gasteiger partial charge in [-0.05, 0) is 23.6 Å². The van der Waals surface area contributed by atoms with Gasteiger partial charge in [-0.2, -0.15) is 0 Å². The van der Waals surface area contributed by atoms with Crippen LogP contribution >= 0.6 is 0 Å². The van der Waals surface area contributed by atoms with Crippen LogP contribution in [-0.2, 0) is 11.3 Å². The maximum Gasteiger partial charge on any atom is 0.118 e. The van der Waals surface area contributed by atoms with E-state index in [9.17, 15) is 0 Å². The number of rotatable bonds is 7. The predicted molar refractivity (Wildman–Crippen MR) is 75.8 cm³/mol. The van der Waals surface area contributed by atoms with Gasteiger partial charge in [-0.1, -0.05) is 39.0 Å². The molecule has 1 rings (SSSR count). The van der Waals surface area contributed by atoms with Crippen molar-refractivity contribution in [3.63, 3.8) is 0 Å². The molecular weight excluding hydrogens is 224 g/mol. The zero-order valence-corrected chi connectivity index (χ0v) is 11.8. The maximum absolute atomic E-state index is 6.00. The summed E-state index contributed by atoms with van der Waals surface area (Å²) in [6.45, 7) is 11.0. The summed E-state index contributed by atoms with van der Waals surface area (Å²) in [4.78, 5) is 0. The van der Waals surface area contributed by atoms with Gasteiger partial charge in [-0.3, -0.25) is 0 Å². The van der Waals surface area contributed by atoms with Crippen LogP contribution in [0.1, 0.15) is 26.3 Å². The highest BCUT2D eigenvalue weighted by Crippen LogP contribution is 2.20. The molecule has 0 saturated heterocycles. The van der Waals surface area contributed by atoms with Gasteiger partial charge in [0.1, 0.15) is 5.75 Å². The molecule has 0 bridgehead atoms. The summed E-state index contributed by atoms with van der Waals surface area (Å²) >= 11 is 0. The van der Waals surface area contributed by atoms with Crippen molar-refractivity contribution in [2.24, 2.45) is 11.8 Å². The second-order valence-electron chi connectivity index (χ2n) is 4.96. The van der Waals surface area contributed by atoms with E-state index < -0.39 is 0 Å². The van der Waals surface area contributed by atoms with Crippen molar-refractivity contribution in [2.75, 3.05) is 7.11 Å². The summed E-state index contributed by atoms with van der Waals surface area (Å²) in [6.07, 6.45) is 2.17. The second kappa shape index (κ2) is 7.22. The average Bonchev–Trinajstić information content (AvgIpc) is 2.39. The van der Waals surface area contributed by atoms with E-state index in [4.69, 9.17) is 9.47 Å². The SMILES string of the molecule is C=C[C@H](C)[C@H](OCc1ccc(OC)cc1)C(C)C. The van der Waals surface area contributed by atoms with Crippen LogP contribution in [-0.4, -0.2) is 13.2 Å². The monoisotopic (exact) mass is 248 g/mol. The number of hydrogen-bond acceptors (Lipinski definition) is 2. The summed E-state index contributed by atoms with van der Waals surface area (Å²) in [6, 6.07) is 7.99. The molecule has 0 aromatic heterocycles. The lowest BCUT2D eigenvalue weighted by molar-refractivity contribution is -0.0116. The highest BCUT2D eigenvalue weighted by atomic mass is 16.5. The molecule has 0 aliphatic heterocycles. The fourth-order valence-corrected chi connectivity index (χ4v) is 2.00. The Kier molecular flexibility index (Phi) is 5.93. The molecule has 2 heteroatoms. The fourth-order valence-electron chi connectivity index (χ4n) is 2.00. The Morgan fingerprint density at radius 3 is 2.22 bits per heavy atom. The smallest absolute Gasteiger partial charge is 0.118 e. The van der Waals surface area contributed by atoms with Crippen molar-refractivity contribution in [1.29, 1.82) is 0 Å². The van der Waals surface area contributed by atoms with Crippen molar-refractivity contribution >= 4 is 0 Å². The lowest BCUT2D eigenvalue weighted by Crippen LogP contribution is -2.26. The van der Waals surface area contributed by atoms with Crippen LogP contribution in [0, 0.1) is 11.8 Å². The minimum atomic E-state index is 0.213. The highest BCUT2D eigenvalue weighted by molar-refractivity contribution is 5.26. The zero-order chi connectivity index (χ0) is 13.5. The molecular formula is C16H24O2. The quantitative estimate of drug-likeness (QED) is 0.677. The summed E-state index contributed by atoms with van der Waals surface area (Å²) in [5.74, 6) is 1.72. The van der Waals surface area contributed by atoms with Crippen molar-refractivity contribution in [1.82, 2.24) is 0 Å². The fraction of sp³-hybridized carbons (Fsp3) is 0.500. The van der Waals surface area contributed by atoms with E-state index in [2.05, 4.69) is 27.4 Å². The molecule has 0 heterocycles. The molecule has 1 aromatic carbocycles. The van der Waals surface area contributed by atoms with Gasteiger partial charge in [0.15, 0.2) is 0 Å². The Balaban J connectivity index is 2.58. The van der Waals surface area contributed by atoms with Crippen LogP contribution in [0.5, 0.6) is 5.75 Å². The molecule has 2 nitrogen and oxygen atoms in total. The first-order valence-electron chi connectivity index (χ1n) is 6.45. The lowest BCUT2D eigenvalue weighted by atomic mass is 9.95. The molecule has 100 valence electrons. The first-order chi connectivity index (χ1) is 8.58. The topological polar surface area (TPSA) is 18.5 Å². The van der Waals surface area contributed by atoms with Crippen molar-refractivity contribution in [2.45, 2.75) is 33.5 Å². The molecule has 0 saturated carbocycles. The molecule has 0 N–H and O–H groups in total. The number of ether oxygens (including phenoxy) is 2. The van der Waals surface area contributed by atoms with Gasteiger partial charge in [-0.25, -0.2) is 0 Å². The average molecular weight is 248 g/mol. The predicted octanol–water partition coefficient (Wildman–Crippen LogP) is 4.06. The largest absolute Gasteiger partial charge is 0.497 e. The third-order valence-electron chi connectivity index (χ3n) is 3.15. The van der Waals surface area contributed by atoms with Gasteiger partial charge in [0.2, 0.25) is 0 Å². The van der Waals surface area contributed by atoms with Crippen LogP contribution in [0.15, 0.2) is 36.9 Å². The van der Waals surface area contributed by atoms with E-state index in [1.54, 1.807) is 7.11 Å². The van der Waals surface area contributed by atoms with Gasteiger partial charge in [-0.15, -0.1) is 6.58 Å². The van der Waals surface area contributed by atoms with Gasteiger partial charge < -0.3 is 9.47 Å². The second-order valence-corrected chi connectivity index (χ2v) is 4.96. The van der Waals surface area contributed by atoms with E-state index >= 15 is 0 Å². The van der Waals surface area contributed by atoms with Gasteiger partial charge in [0, 0.05) is 5.92 Å². The number of benzene rings is 1. The summed E-state index contributed by atoms with van der Waals surface area (Å²) in [5.41, 5.74) is 1.16. The Morgan fingerprint density at radius 1 is 1.17 bits per heavy atom. The van der Waals surface area contributed by atoms with E-state index in [-0.39, 0.29) is 6.10 Å². The molecule has 0 unspecified atom stereocenters. The maximum atomic E-state index is 6.00. The third-order valence-corrected chi connectivity index (χ3v) is 3.15. The van der Waals surface area contributed by atoms with Gasteiger partial charge in [0.25, 0.3) is 0 Å². The summed E-state index contributed by atoms with van der Waals surface area (Å²) in [7, 11) is 1.67. The molecule has 2 atom stereocenters. The molecule has 1 aromatic rings. The van der Waals surface area contributed by atoms with Gasteiger partial charge >= 0.3 is 0 Å².